The van der Waals surface area contributed by atoms with Gasteiger partial charge in [-0.05, 0) is 18.9 Å². The first-order valence-electron chi connectivity index (χ1n) is 6.49. The minimum atomic E-state index is -0.496. The number of hydrogen-bond donors (Lipinski definition) is 1. The molecule has 0 bridgehead atoms. The number of nitrogens with one attached hydrogen (secondary N) is 1. The summed E-state index contributed by atoms with van der Waals surface area (Å²) in [7, 11) is 0. The van der Waals surface area contributed by atoms with Gasteiger partial charge in [0.05, 0.1) is 5.56 Å². The first kappa shape index (κ1) is 12.6. The van der Waals surface area contributed by atoms with Gasteiger partial charge in [0.25, 0.3) is 5.56 Å². The fraction of sp³-hybridized carbons (Fsp3) is 0.267. The van der Waals surface area contributed by atoms with Gasteiger partial charge in [-0.15, -0.1) is 0 Å². The summed E-state index contributed by atoms with van der Waals surface area (Å²) >= 11 is 0. The highest BCUT2D eigenvalue weighted by Crippen LogP contribution is 2.49. The number of carbonyl (C=O) groups excluding carboxylic acids is 1. The predicted molar refractivity (Wildman–Crippen MR) is 74.2 cm³/mol. The van der Waals surface area contributed by atoms with Crippen LogP contribution in [-0.2, 0) is 0 Å². The van der Waals surface area contributed by atoms with E-state index < -0.39 is 11.2 Å². The van der Waals surface area contributed by atoms with E-state index in [0.717, 1.165) is 12.0 Å². The Bertz CT molecular complexity index is 774. The molecule has 2 atom stereocenters. The lowest BCUT2D eigenvalue weighted by Crippen LogP contribution is -2.37. The Morgan fingerprint density at radius 2 is 1.95 bits per heavy atom. The molecular formula is C15H14N2O3. The molecule has 3 rings (SSSR count). The van der Waals surface area contributed by atoms with Crippen molar-refractivity contribution in [3.63, 3.8) is 0 Å². The van der Waals surface area contributed by atoms with Gasteiger partial charge in [0.15, 0.2) is 5.78 Å². The average Bonchev–Trinajstić information content (AvgIpc) is 3.19. The van der Waals surface area contributed by atoms with Crippen LogP contribution < -0.4 is 11.2 Å². The summed E-state index contributed by atoms with van der Waals surface area (Å²) in [4.78, 5) is 37.9. The zero-order valence-corrected chi connectivity index (χ0v) is 11.0. The lowest BCUT2D eigenvalue weighted by molar-refractivity contribution is 0.101. The van der Waals surface area contributed by atoms with Crippen molar-refractivity contribution in [2.75, 3.05) is 0 Å². The molecule has 0 radical (unpaired) electrons. The third-order valence-corrected chi connectivity index (χ3v) is 3.70. The number of benzene rings is 1. The van der Waals surface area contributed by atoms with Gasteiger partial charge in [0.2, 0.25) is 0 Å². The number of rotatable bonds is 3. The van der Waals surface area contributed by atoms with E-state index in [1.807, 2.05) is 30.3 Å². The third-order valence-electron chi connectivity index (χ3n) is 3.70. The van der Waals surface area contributed by atoms with Crippen LogP contribution in [-0.4, -0.2) is 15.3 Å². The number of Topliss-reactive ketones (excluding diaryl/α,β-unsaturated/α-hetero) is 1. The number of ketones is 1. The van der Waals surface area contributed by atoms with Crippen LogP contribution in [0.25, 0.3) is 0 Å². The van der Waals surface area contributed by atoms with E-state index in [1.54, 1.807) is 0 Å². The Labute approximate surface area is 114 Å². The summed E-state index contributed by atoms with van der Waals surface area (Å²) in [6, 6.07) is 9.61. The zero-order chi connectivity index (χ0) is 14.3. The monoisotopic (exact) mass is 270 g/mol. The molecule has 2 aromatic rings. The van der Waals surface area contributed by atoms with Gasteiger partial charge in [-0.3, -0.25) is 14.2 Å². The Morgan fingerprint density at radius 3 is 2.60 bits per heavy atom. The first-order valence-corrected chi connectivity index (χ1v) is 6.49. The van der Waals surface area contributed by atoms with E-state index in [-0.39, 0.29) is 23.3 Å². The first-order chi connectivity index (χ1) is 9.59. The molecule has 1 aliphatic rings. The van der Waals surface area contributed by atoms with Crippen molar-refractivity contribution in [3.05, 3.63) is 68.5 Å². The second kappa shape index (κ2) is 4.59. The molecule has 1 fully saturated rings. The highest BCUT2D eigenvalue weighted by atomic mass is 16.2. The molecule has 20 heavy (non-hydrogen) atoms. The second-order valence-corrected chi connectivity index (χ2v) is 5.06. The number of aromatic amines is 1. The summed E-state index contributed by atoms with van der Waals surface area (Å²) in [6.45, 7) is 1.32. The molecule has 1 aliphatic carbocycles. The van der Waals surface area contributed by atoms with Crippen molar-refractivity contribution < 1.29 is 4.79 Å². The Morgan fingerprint density at radius 1 is 1.25 bits per heavy atom. The summed E-state index contributed by atoms with van der Waals surface area (Å²) in [5, 5.41) is 0. The molecular weight excluding hydrogens is 256 g/mol. The van der Waals surface area contributed by atoms with Crippen molar-refractivity contribution in [2.45, 2.75) is 25.3 Å². The van der Waals surface area contributed by atoms with Crippen LogP contribution in [0, 0.1) is 0 Å². The fourth-order valence-electron chi connectivity index (χ4n) is 2.57. The van der Waals surface area contributed by atoms with Gasteiger partial charge >= 0.3 is 5.69 Å². The lowest BCUT2D eigenvalue weighted by Gasteiger charge is -2.05. The van der Waals surface area contributed by atoms with Crippen LogP contribution in [0.4, 0.5) is 0 Å². The number of hydrogen-bond acceptors (Lipinski definition) is 3. The summed E-state index contributed by atoms with van der Waals surface area (Å²) in [5.74, 6) is -0.172. The second-order valence-electron chi connectivity index (χ2n) is 5.06. The van der Waals surface area contributed by atoms with Crippen LogP contribution in [0.15, 0.2) is 46.1 Å². The van der Waals surface area contributed by atoms with Crippen LogP contribution in [0.2, 0.25) is 0 Å². The molecule has 0 saturated heterocycles. The van der Waals surface area contributed by atoms with E-state index >= 15 is 0 Å². The smallest absolute Gasteiger partial charge is 0.313 e. The van der Waals surface area contributed by atoms with E-state index in [4.69, 9.17) is 0 Å². The normalized spacial score (nSPS) is 20.6. The molecule has 1 aromatic carbocycles. The molecule has 0 aliphatic heterocycles. The van der Waals surface area contributed by atoms with Gasteiger partial charge in [0.1, 0.15) is 0 Å². The van der Waals surface area contributed by atoms with Gasteiger partial charge < -0.3 is 4.98 Å². The molecule has 5 nitrogen and oxygen atoms in total. The Balaban J connectivity index is 2.01. The molecule has 5 heteroatoms. The maximum absolute atomic E-state index is 12.2. The molecule has 0 spiro atoms. The molecule has 2 unspecified atom stereocenters. The van der Waals surface area contributed by atoms with Crippen molar-refractivity contribution in [2.24, 2.45) is 0 Å². The number of nitrogens with zero attached hydrogens (tertiary/aromatic N) is 1. The molecule has 1 N–H and O–H groups in total. The highest BCUT2D eigenvalue weighted by molar-refractivity contribution is 5.93. The minimum absolute atomic E-state index is 0.0308. The molecule has 1 heterocycles. The van der Waals surface area contributed by atoms with Gasteiger partial charge in [-0.1, -0.05) is 30.3 Å². The quantitative estimate of drug-likeness (QED) is 0.858. The van der Waals surface area contributed by atoms with Crippen molar-refractivity contribution in [1.82, 2.24) is 9.55 Å². The zero-order valence-electron chi connectivity index (χ0n) is 11.0. The standard InChI is InChI=1S/C15H14N2O3/c1-9(18)12-8-16-15(20)17(14(12)19)13-7-11(13)10-5-3-2-4-6-10/h2-6,8,11,13H,7H2,1H3,(H,16,20). The highest BCUT2D eigenvalue weighted by Gasteiger charge is 2.41. The average molecular weight is 270 g/mol. The number of aromatic nitrogens is 2. The minimum Gasteiger partial charge on any atom is -0.313 e. The van der Waals surface area contributed by atoms with Crippen molar-refractivity contribution in [1.29, 1.82) is 0 Å². The lowest BCUT2D eigenvalue weighted by atomic mass is 10.1. The molecule has 0 amide bonds. The predicted octanol–water partition coefficient (Wildman–Crippen LogP) is 1.47. The molecule has 1 aromatic heterocycles. The third kappa shape index (κ3) is 2.01. The Hall–Kier alpha value is -2.43. The van der Waals surface area contributed by atoms with E-state index in [1.165, 1.54) is 17.7 Å². The van der Waals surface area contributed by atoms with Gasteiger partial charge in [-0.2, -0.15) is 0 Å². The van der Waals surface area contributed by atoms with E-state index in [9.17, 15) is 14.4 Å². The van der Waals surface area contributed by atoms with Gasteiger partial charge in [-0.25, -0.2) is 4.79 Å². The summed E-state index contributed by atoms with van der Waals surface area (Å²) in [6.07, 6.45) is 1.94. The largest absolute Gasteiger partial charge is 0.328 e. The fourth-order valence-corrected chi connectivity index (χ4v) is 2.57. The topological polar surface area (TPSA) is 71.9 Å². The SMILES string of the molecule is CC(=O)c1c[nH]c(=O)n(C2CC2c2ccccc2)c1=O. The van der Waals surface area contributed by atoms with E-state index in [0.29, 0.717) is 0 Å². The van der Waals surface area contributed by atoms with Crippen molar-refractivity contribution >= 4 is 5.78 Å². The van der Waals surface area contributed by atoms with E-state index in [2.05, 4.69) is 4.98 Å². The van der Waals surface area contributed by atoms with Crippen molar-refractivity contribution in [3.8, 4) is 0 Å². The number of H-pyrrole nitrogens is 1. The van der Waals surface area contributed by atoms with Crippen LogP contribution in [0.1, 0.15) is 41.2 Å². The number of carbonyl (C=O) groups is 1. The molecule has 1 saturated carbocycles. The Kier molecular flexibility index (Phi) is 2.89. The summed E-state index contributed by atoms with van der Waals surface area (Å²) in [5.41, 5.74) is 0.188. The summed E-state index contributed by atoms with van der Waals surface area (Å²) < 4.78 is 1.17. The maximum Gasteiger partial charge on any atom is 0.328 e. The maximum atomic E-state index is 12.2. The molecule has 102 valence electrons. The van der Waals surface area contributed by atoms with Crippen LogP contribution in [0.3, 0.4) is 0 Å². The van der Waals surface area contributed by atoms with Crippen LogP contribution >= 0.6 is 0 Å². The van der Waals surface area contributed by atoms with Crippen LogP contribution in [0.5, 0.6) is 0 Å². The van der Waals surface area contributed by atoms with Gasteiger partial charge in [0, 0.05) is 18.2 Å².